The number of benzene rings is 1. The molecular formula is C13H15FN4O. The average molecular weight is 262 g/mol. The Morgan fingerprint density at radius 1 is 1.32 bits per heavy atom. The lowest BCUT2D eigenvalue weighted by Gasteiger charge is -2.07. The topological polar surface area (TPSA) is 59.0 Å². The Kier molecular flexibility index (Phi) is 4.25. The summed E-state index contributed by atoms with van der Waals surface area (Å²) in [6.45, 7) is 0.746. The maximum Gasteiger partial charge on any atom is 0.238 e. The van der Waals surface area contributed by atoms with Gasteiger partial charge in [0.05, 0.1) is 12.2 Å². The van der Waals surface area contributed by atoms with Crippen LogP contribution in [0.25, 0.3) is 0 Å². The normalized spacial score (nSPS) is 10.4. The fourth-order valence-electron chi connectivity index (χ4n) is 1.62. The Morgan fingerprint density at radius 2 is 2.05 bits per heavy atom. The van der Waals surface area contributed by atoms with Gasteiger partial charge in [-0.05, 0) is 30.3 Å². The van der Waals surface area contributed by atoms with Crippen molar-refractivity contribution in [1.29, 1.82) is 0 Å². The number of nitrogens with one attached hydrogen (secondary N) is 2. The first-order valence-electron chi connectivity index (χ1n) is 5.88. The summed E-state index contributed by atoms with van der Waals surface area (Å²) in [5.74, 6) is -0.499. The largest absolute Gasteiger partial charge is 0.325 e. The van der Waals surface area contributed by atoms with Gasteiger partial charge in [0.1, 0.15) is 5.82 Å². The Bertz CT molecular complexity index is 550. The first kappa shape index (κ1) is 13.2. The molecule has 2 N–H and O–H groups in total. The molecule has 0 saturated carbocycles. The van der Waals surface area contributed by atoms with Gasteiger partial charge in [-0.1, -0.05) is 0 Å². The molecule has 1 heterocycles. The van der Waals surface area contributed by atoms with Gasteiger partial charge in [-0.2, -0.15) is 5.10 Å². The molecule has 1 aromatic carbocycles. The first-order valence-corrected chi connectivity index (χ1v) is 5.88. The van der Waals surface area contributed by atoms with E-state index in [4.69, 9.17) is 0 Å². The molecule has 0 aliphatic carbocycles. The molecule has 6 heteroatoms. The number of aryl methyl sites for hydroxylation is 1. The van der Waals surface area contributed by atoms with Crippen molar-refractivity contribution in [3.63, 3.8) is 0 Å². The van der Waals surface area contributed by atoms with E-state index in [0.29, 0.717) is 12.2 Å². The van der Waals surface area contributed by atoms with Gasteiger partial charge in [0.25, 0.3) is 0 Å². The molecule has 1 amide bonds. The van der Waals surface area contributed by atoms with Gasteiger partial charge >= 0.3 is 0 Å². The van der Waals surface area contributed by atoms with Crippen molar-refractivity contribution in [2.24, 2.45) is 7.05 Å². The van der Waals surface area contributed by atoms with Gasteiger partial charge in [0.2, 0.25) is 5.91 Å². The van der Waals surface area contributed by atoms with Crippen LogP contribution in [0.15, 0.2) is 36.5 Å². The lowest BCUT2D eigenvalue weighted by molar-refractivity contribution is -0.115. The SMILES string of the molecule is Cn1nccc1CNCC(=O)Nc1ccc(F)cc1. The van der Waals surface area contributed by atoms with E-state index < -0.39 is 0 Å². The van der Waals surface area contributed by atoms with E-state index in [1.165, 1.54) is 24.3 Å². The third kappa shape index (κ3) is 3.89. The Balaban J connectivity index is 1.76. The number of carbonyl (C=O) groups is 1. The van der Waals surface area contributed by atoms with Crippen molar-refractivity contribution in [3.05, 3.63) is 48.0 Å². The number of anilines is 1. The second-order valence-corrected chi connectivity index (χ2v) is 4.10. The molecule has 0 fully saturated rings. The van der Waals surface area contributed by atoms with Crippen molar-refractivity contribution in [1.82, 2.24) is 15.1 Å². The fraction of sp³-hybridized carbons (Fsp3) is 0.231. The summed E-state index contributed by atoms with van der Waals surface area (Å²) in [4.78, 5) is 11.6. The van der Waals surface area contributed by atoms with E-state index in [9.17, 15) is 9.18 Å². The summed E-state index contributed by atoms with van der Waals surface area (Å²) >= 11 is 0. The average Bonchev–Trinajstić information content (AvgIpc) is 2.78. The highest BCUT2D eigenvalue weighted by Crippen LogP contribution is 2.07. The van der Waals surface area contributed by atoms with Crippen LogP contribution >= 0.6 is 0 Å². The molecule has 0 spiro atoms. The maximum atomic E-state index is 12.7. The zero-order valence-corrected chi connectivity index (χ0v) is 10.6. The summed E-state index contributed by atoms with van der Waals surface area (Å²) < 4.78 is 14.4. The van der Waals surface area contributed by atoms with E-state index >= 15 is 0 Å². The molecule has 0 atom stereocenters. The van der Waals surface area contributed by atoms with Crippen LogP contribution in [-0.4, -0.2) is 22.2 Å². The number of carbonyl (C=O) groups excluding carboxylic acids is 1. The maximum absolute atomic E-state index is 12.7. The van der Waals surface area contributed by atoms with Crippen LogP contribution < -0.4 is 10.6 Å². The summed E-state index contributed by atoms with van der Waals surface area (Å²) in [7, 11) is 1.84. The predicted molar refractivity (Wildman–Crippen MR) is 69.9 cm³/mol. The smallest absolute Gasteiger partial charge is 0.238 e. The van der Waals surface area contributed by atoms with Crippen LogP contribution in [0.3, 0.4) is 0 Å². The van der Waals surface area contributed by atoms with E-state index in [-0.39, 0.29) is 18.3 Å². The molecule has 100 valence electrons. The molecule has 5 nitrogen and oxygen atoms in total. The van der Waals surface area contributed by atoms with Crippen molar-refractivity contribution < 1.29 is 9.18 Å². The monoisotopic (exact) mass is 262 g/mol. The van der Waals surface area contributed by atoms with Gasteiger partial charge in [-0.3, -0.25) is 9.48 Å². The van der Waals surface area contributed by atoms with Gasteiger partial charge in [-0.15, -0.1) is 0 Å². The Hall–Kier alpha value is -2.21. The van der Waals surface area contributed by atoms with Gasteiger partial charge in [-0.25, -0.2) is 4.39 Å². The van der Waals surface area contributed by atoms with Crippen LogP contribution in [0.5, 0.6) is 0 Å². The summed E-state index contributed by atoms with van der Waals surface area (Å²) in [5.41, 5.74) is 1.57. The van der Waals surface area contributed by atoms with Gasteiger partial charge in [0.15, 0.2) is 0 Å². The Labute approximate surface area is 110 Å². The van der Waals surface area contributed by atoms with Crippen molar-refractivity contribution in [2.75, 3.05) is 11.9 Å². The molecule has 0 aliphatic heterocycles. The second kappa shape index (κ2) is 6.10. The third-order valence-corrected chi connectivity index (χ3v) is 2.64. The number of hydrogen-bond acceptors (Lipinski definition) is 3. The lowest BCUT2D eigenvalue weighted by Crippen LogP contribution is -2.28. The highest BCUT2D eigenvalue weighted by molar-refractivity contribution is 5.92. The molecule has 2 rings (SSSR count). The van der Waals surface area contributed by atoms with Crippen LogP contribution in [0.2, 0.25) is 0 Å². The van der Waals surface area contributed by atoms with Crippen molar-refractivity contribution in [3.8, 4) is 0 Å². The van der Waals surface area contributed by atoms with Crippen molar-refractivity contribution >= 4 is 11.6 Å². The molecule has 0 aliphatic rings. The second-order valence-electron chi connectivity index (χ2n) is 4.10. The summed E-state index contributed by atoms with van der Waals surface area (Å²) in [5, 5.41) is 9.72. The minimum Gasteiger partial charge on any atom is -0.325 e. The van der Waals surface area contributed by atoms with Crippen LogP contribution in [0, 0.1) is 5.82 Å². The minimum absolute atomic E-state index is 0.172. The number of hydrogen-bond donors (Lipinski definition) is 2. The lowest BCUT2D eigenvalue weighted by atomic mass is 10.3. The molecule has 2 aromatic rings. The summed E-state index contributed by atoms with van der Waals surface area (Å²) in [6.07, 6.45) is 1.70. The number of amides is 1. The fourth-order valence-corrected chi connectivity index (χ4v) is 1.62. The third-order valence-electron chi connectivity index (χ3n) is 2.64. The number of halogens is 1. The van der Waals surface area contributed by atoms with E-state index in [2.05, 4.69) is 15.7 Å². The highest BCUT2D eigenvalue weighted by Gasteiger charge is 2.03. The van der Waals surface area contributed by atoms with Gasteiger partial charge in [0, 0.05) is 25.5 Å². The molecular weight excluding hydrogens is 247 g/mol. The van der Waals surface area contributed by atoms with Crippen LogP contribution in [-0.2, 0) is 18.4 Å². The number of nitrogens with zero attached hydrogens (tertiary/aromatic N) is 2. The molecule has 0 unspecified atom stereocenters. The van der Waals surface area contributed by atoms with E-state index in [1.807, 2.05) is 13.1 Å². The van der Waals surface area contributed by atoms with Crippen LogP contribution in [0.4, 0.5) is 10.1 Å². The molecule has 19 heavy (non-hydrogen) atoms. The molecule has 1 aromatic heterocycles. The number of aromatic nitrogens is 2. The van der Waals surface area contributed by atoms with E-state index in [1.54, 1.807) is 10.9 Å². The highest BCUT2D eigenvalue weighted by atomic mass is 19.1. The predicted octanol–water partition coefficient (Wildman–Crippen LogP) is 1.29. The summed E-state index contributed by atoms with van der Waals surface area (Å²) in [6, 6.07) is 7.53. The van der Waals surface area contributed by atoms with Crippen LogP contribution in [0.1, 0.15) is 5.69 Å². The molecule has 0 saturated heterocycles. The molecule has 0 radical (unpaired) electrons. The van der Waals surface area contributed by atoms with Crippen molar-refractivity contribution in [2.45, 2.75) is 6.54 Å². The van der Waals surface area contributed by atoms with Gasteiger partial charge < -0.3 is 10.6 Å². The first-order chi connectivity index (χ1) is 9.15. The Morgan fingerprint density at radius 3 is 2.68 bits per heavy atom. The van der Waals surface area contributed by atoms with E-state index in [0.717, 1.165) is 5.69 Å². The molecule has 0 bridgehead atoms. The zero-order chi connectivity index (χ0) is 13.7. The standard InChI is InChI=1S/C13H15FN4O/c1-18-12(6-7-16-18)8-15-9-13(19)17-11-4-2-10(14)3-5-11/h2-7,15H,8-9H2,1H3,(H,17,19). The quantitative estimate of drug-likeness (QED) is 0.853. The zero-order valence-electron chi connectivity index (χ0n) is 10.6. The minimum atomic E-state index is -0.327. The number of rotatable bonds is 5.